The predicted molar refractivity (Wildman–Crippen MR) is 47.4 cm³/mol. The van der Waals surface area contributed by atoms with Gasteiger partial charge in [-0.05, 0) is 5.56 Å². The fourth-order valence-electron chi connectivity index (χ4n) is 0.993. The Hall–Kier alpha value is -1.35. The molecule has 0 fully saturated rings. The van der Waals surface area contributed by atoms with Crippen LogP contribution in [0.1, 0.15) is 11.6 Å². The van der Waals surface area contributed by atoms with Gasteiger partial charge in [0.15, 0.2) is 0 Å². The average molecular weight is 164 g/mol. The minimum atomic E-state index is -0.114. The van der Waals surface area contributed by atoms with E-state index in [0.29, 0.717) is 13.0 Å². The Morgan fingerprint density at radius 1 is 1.42 bits per heavy atom. The van der Waals surface area contributed by atoms with Gasteiger partial charge in [-0.1, -0.05) is 30.3 Å². The Labute approximate surface area is 71.6 Å². The van der Waals surface area contributed by atoms with Gasteiger partial charge in [0.25, 0.3) is 0 Å². The molecule has 0 aliphatic carbocycles. The van der Waals surface area contributed by atoms with Crippen molar-refractivity contribution in [3.8, 4) is 0 Å². The summed E-state index contributed by atoms with van der Waals surface area (Å²) in [4.78, 5) is 9.97. The van der Waals surface area contributed by atoms with E-state index in [0.717, 1.165) is 5.56 Å². The second-order valence-electron chi connectivity index (χ2n) is 2.54. The molecule has 3 heteroatoms. The van der Waals surface area contributed by atoms with Crippen molar-refractivity contribution in [2.45, 2.75) is 6.04 Å². The van der Waals surface area contributed by atoms with Crippen molar-refractivity contribution in [3.05, 3.63) is 35.9 Å². The first kappa shape index (κ1) is 8.74. The molecule has 0 aliphatic heterocycles. The van der Waals surface area contributed by atoms with E-state index in [1.165, 1.54) is 0 Å². The van der Waals surface area contributed by atoms with Gasteiger partial charge < -0.3 is 11.1 Å². The summed E-state index contributed by atoms with van der Waals surface area (Å²) in [5.41, 5.74) is 6.79. The molecule has 0 spiro atoms. The van der Waals surface area contributed by atoms with Crippen LogP contribution >= 0.6 is 0 Å². The first-order valence-corrected chi connectivity index (χ1v) is 3.82. The largest absolute Gasteiger partial charge is 0.357 e. The van der Waals surface area contributed by atoms with Crippen LogP contribution in [0.2, 0.25) is 0 Å². The predicted octanol–water partition coefficient (Wildman–Crippen LogP) is 0.432. The zero-order chi connectivity index (χ0) is 8.81. The molecule has 1 atom stereocenters. The first-order chi connectivity index (χ1) is 5.84. The van der Waals surface area contributed by atoms with Crippen molar-refractivity contribution in [3.63, 3.8) is 0 Å². The second-order valence-corrected chi connectivity index (χ2v) is 2.54. The van der Waals surface area contributed by atoms with E-state index in [4.69, 9.17) is 5.73 Å². The minimum absolute atomic E-state index is 0.114. The van der Waals surface area contributed by atoms with Crippen LogP contribution in [-0.4, -0.2) is 13.0 Å². The van der Waals surface area contributed by atoms with Crippen LogP contribution in [0.5, 0.6) is 0 Å². The molecule has 1 unspecified atom stereocenters. The molecule has 0 bridgehead atoms. The number of nitrogens with one attached hydrogen (secondary N) is 1. The standard InChI is InChI=1S/C9H12N2O/c10-9(6-11-7-12)8-4-2-1-3-5-8/h1-5,7,9H,6,10H2,(H,11,12). The number of hydrogen-bond acceptors (Lipinski definition) is 2. The van der Waals surface area contributed by atoms with Crippen LogP contribution < -0.4 is 11.1 Å². The fourth-order valence-corrected chi connectivity index (χ4v) is 0.993. The third kappa shape index (κ3) is 2.36. The van der Waals surface area contributed by atoms with Crippen LogP contribution in [0, 0.1) is 0 Å². The minimum Gasteiger partial charge on any atom is -0.357 e. The Kier molecular flexibility index (Phi) is 3.29. The Morgan fingerprint density at radius 2 is 2.08 bits per heavy atom. The molecule has 0 aromatic heterocycles. The van der Waals surface area contributed by atoms with E-state index in [1.807, 2.05) is 30.3 Å². The van der Waals surface area contributed by atoms with Gasteiger partial charge in [0.1, 0.15) is 0 Å². The zero-order valence-corrected chi connectivity index (χ0v) is 6.73. The third-order valence-electron chi connectivity index (χ3n) is 1.65. The van der Waals surface area contributed by atoms with Crippen molar-refractivity contribution in [2.75, 3.05) is 6.54 Å². The maximum Gasteiger partial charge on any atom is 0.207 e. The number of nitrogens with two attached hydrogens (primary N) is 1. The summed E-state index contributed by atoms with van der Waals surface area (Å²) < 4.78 is 0. The van der Waals surface area contributed by atoms with Crippen molar-refractivity contribution in [2.24, 2.45) is 5.73 Å². The van der Waals surface area contributed by atoms with E-state index in [2.05, 4.69) is 5.32 Å². The van der Waals surface area contributed by atoms with Gasteiger partial charge in [-0.3, -0.25) is 4.79 Å². The topological polar surface area (TPSA) is 55.1 Å². The van der Waals surface area contributed by atoms with Crippen LogP contribution in [-0.2, 0) is 4.79 Å². The molecule has 3 nitrogen and oxygen atoms in total. The summed E-state index contributed by atoms with van der Waals surface area (Å²) >= 11 is 0. The van der Waals surface area contributed by atoms with Crippen molar-refractivity contribution >= 4 is 6.41 Å². The number of rotatable bonds is 4. The molecule has 3 N–H and O–H groups in total. The summed E-state index contributed by atoms with van der Waals surface area (Å²) in [5, 5.41) is 2.54. The van der Waals surface area contributed by atoms with Crippen molar-refractivity contribution < 1.29 is 4.79 Å². The van der Waals surface area contributed by atoms with Crippen molar-refractivity contribution in [1.82, 2.24) is 5.32 Å². The highest BCUT2D eigenvalue weighted by Gasteiger charge is 2.02. The van der Waals surface area contributed by atoms with Gasteiger partial charge in [-0.25, -0.2) is 0 Å². The zero-order valence-electron chi connectivity index (χ0n) is 6.73. The number of carbonyl (C=O) groups is 1. The van der Waals surface area contributed by atoms with E-state index in [-0.39, 0.29) is 6.04 Å². The molecular formula is C9H12N2O. The van der Waals surface area contributed by atoms with E-state index >= 15 is 0 Å². The molecule has 0 saturated heterocycles. The Balaban J connectivity index is 2.53. The Bertz CT molecular complexity index is 236. The van der Waals surface area contributed by atoms with Gasteiger partial charge >= 0.3 is 0 Å². The molecule has 64 valence electrons. The maximum absolute atomic E-state index is 9.97. The number of hydrogen-bond donors (Lipinski definition) is 2. The van der Waals surface area contributed by atoms with E-state index in [1.54, 1.807) is 0 Å². The van der Waals surface area contributed by atoms with Gasteiger partial charge in [0.05, 0.1) is 0 Å². The number of benzene rings is 1. The monoisotopic (exact) mass is 164 g/mol. The molecule has 0 heterocycles. The maximum atomic E-state index is 9.97. The lowest BCUT2D eigenvalue weighted by Crippen LogP contribution is -2.25. The normalized spacial score (nSPS) is 12.1. The molecule has 12 heavy (non-hydrogen) atoms. The van der Waals surface area contributed by atoms with Crippen LogP contribution in [0.3, 0.4) is 0 Å². The van der Waals surface area contributed by atoms with Gasteiger partial charge in [-0.2, -0.15) is 0 Å². The number of carbonyl (C=O) groups excluding carboxylic acids is 1. The third-order valence-corrected chi connectivity index (χ3v) is 1.65. The van der Waals surface area contributed by atoms with Crippen LogP contribution in [0.4, 0.5) is 0 Å². The van der Waals surface area contributed by atoms with Gasteiger partial charge in [-0.15, -0.1) is 0 Å². The highest BCUT2D eigenvalue weighted by atomic mass is 16.1. The summed E-state index contributed by atoms with van der Waals surface area (Å²) in [6.45, 7) is 0.480. The Morgan fingerprint density at radius 3 is 2.67 bits per heavy atom. The van der Waals surface area contributed by atoms with Crippen LogP contribution in [0.25, 0.3) is 0 Å². The van der Waals surface area contributed by atoms with Crippen LogP contribution in [0.15, 0.2) is 30.3 Å². The fraction of sp³-hybridized carbons (Fsp3) is 0.222. The molecule has 0 radical (unpaired) electrons. The summed E-state index contributed by atoms with van der Waals surface area (Å²) in [6.07, 6.45) is 0.656. The van der Waals surface area contributed by atoms with E-state index < -0.39 is 0 Å². The first-order valence-electron chi connectivity index (χ1n) is 3.82. The summed E-state index contributed by atoms with van der Waals surface area (Å²) in [7, 11) is 0. The summed E-state index contributed by atoms with van der Waals surface area (Å²) in [6, 6.07) is 9.56. The quantitative estimate of drug-likeness (QED) is 0.634. The molecule has 0 saturated carbocycles. The highest BCUT2D eigenvalue weighted by molar-refractivity contribution is 5.46. The molecule has 0 aliphatic rings. The molecular weight excluding hydrogens is 152 g/mol. The molecule has 1 amide bonds. The lowest BCUT2D eigenvalue weighted by molar-refractivity contribution is -0.109. The SMILES string of the molecule is NC(CNC=O)c1ccccc1. The van der Waals surface area contributed by atoms with Crippen molar-refractivity contribution in [1.29, 1.82) is 0 Å². The molecule has 1 aromatic rings. The number of amides is 1. The lowest BCUT2D eigenvalue weighted by atomic mass is 10.1. The van der Waals surface area contributed by atoms with Gasteiger partial charge in [0, 0.05) is 12.6 Å². The lowest BCUT2D eigenvalue weighted by Gasteiger charge is -2.09. The van der Waals surface area contributed by atoms with Gasteiger partial charge in [0.2, 0.25) is 6.41 Å². The molecule has 1 rings (SSSR count). The summed E-state index contributed by atoms with van der Waals surface area (Å²) in [5.74, 6) is 0. The smallest absolute Gasteiger partial charge is 0.207 e. The second kappa shape index (κ2) is 4.51. The highest BCUT2D eigenvalue weighted by Crippen LogP contribution is 2.07. The van der Waals surface area contributed by atoms with E-state index in [9.17, 15) is 4.79 Å². The molecule has 1 aromatic carbocycles. The average Bonchev–Trinajstić information content (AvgIpc) is 2.15.